The van der Waals surface area contributed by atoms with Crippen molar-refractivity contribution in [3.8, 4) is 0 Å². The van der Waals surface area contributed by atoms with E-state index in [9.17, 15) is 13.2 Å². The monoisotopic (exact) mass is 294 g/mol. The van der Waals surface area contributed by atoms with Crippen LogP contribution in [-0.4, -0.2) is 56.9 Å². The number of carbonyl (C=O) groups is 1. The SMILES string of the molecule is CN(C)c1ccc(C(=O)N2C[C@H]3C[C@H]2CS3(=O)=O)cc1. The lowest BCUT2D eigenvalue weighted by Gasteiger charge is -2.27. The van der Waals surface area contributed by atoms with Crippen LogP contribution in [0.5, 0.6) is 0 Å². The van der Waals surface area contributed by atoms with Crippen molar-refractivity contribution in [2.24, 2.45) is 0 Å². The zero-order chi connectivity index (χ0) is 14.5. The summed E-state index contributed by atoms with van der Waals surface area (Å²) in [5.41, 5.74) is 1.66. The number of carbonyl (C=O) groups excluding carboxylic acids is 1. The first kappa shape index (κ1) is 13.4. The largest absolute Gasteiger partial charge is 0.378 e. The predicted molar refractivity (Wildman–Crippen MR) is 77.8 cm³/mol. The van der Waals surface area contributed by atoms with Crippen molar-refractivity contribution in [2.45, 2.75) is 17.7 Å². The number of rotatable bonds is 2. The molecule has 1 amide bonds. The molecule has 20 heavy (non-hydrogen) atoms. The number of hydrogen-bond donors (Lipinski definition) is 0. The van der Waals surface area contributed by atoms with Crippen LogP contribution in [0.25, 0.3) is 0 Å². The number of benzene rings is 1. The number of fused-ring (bicyclic) bond motifs is 2. The summed E-state index contributed by atoms with van der Waals surface area (Å²) in [6.45, 7) is 0.348. The smallest absolute Gasteiger partial charge is 0.254 e. The van der Waals surface area contributed by atoms with E-state index in [2.05, 4.69) is 0 Å². The van der Waals surface area contributed by atoms with Gasteiger partial charge in [-0.2, -0.15) is 0 Å². The van der Waals surface area contributed by atoms with E-state index < -0.39 is 9.84 Å². The van der Waals surface area contributed by atoms with Crippen LogP contribution in [0.15, 0.2) is 24.3 Å². The normalized spacial score (nSPS) is 26.8. The Kier molecular flexibility index (Phi) is 3.01. The Morgan fingerprint density at radius 3 is 2.35 bits per heavy atom. The fourth-order valence-electron chi connectivity index (χ4n) is 3.01. The maximum Gasteiger partial charge on any atom is 0.254 e. The third-order valence-electron chi connectivity index (χ3n) is 4.20. The lowest BCUT2D eigenvalue weighted by molar-refractivity contribution is 0.0746. The summed E-state index contributed by atoms with van der Waals surface area (Å²) < 4.78 is 23.4. The van der Waals surface area contributed by atoms with Crippen LogP contribution in [0.4, 0.5) is 5.69 Å². The molecule has 1 aromatic rings. The first-order chi connectivity index (χ1) is 9.38. The summed E-state index contributed by atoms with van der Waals surface area (Å²) in [4.78, 5) is 16.1. The first-order valence-electron chi connectivity index (χ1n) is 6.68. The van der Waals surface area contributed by atoms with E-state index in [0.717, 1.165) is 5.69 Å². The molecule has 108 valence electrons. The fourth-order valence-corrected chi connectivity index (χ4v) is 5.04. The first-order valence-corrected chi connectivity index (χ1v) is 8.40. The van der Waals surface area contributed by atoms with Gasteiger partial charge >= 0.3 is 0 Å². The highest BCUT2D eigenvalue weighted by atomic mass is 32.2. The summed E-state index contributed by atoms with van der Waals surface area (Å²) >= 11 is 0. The molecule has 2 saturated heterocycles. The molecular weight excluding hydrogens is 276 g/mol. The highest BCUT2D eigenvalue weighted by molar-refractivity contribution is 7.92. The topological polar surface area (TPSA) is 57.7 Å². The molecule has 2 aliphatic heterocycles. The van der Waals surface area contributed by atoms with E-state index in [1.54, 1.807) is 17.0 Å². The molecule has 0 unspecified atom stereocenters. The Labute approximate surface area is 119 Å². The fraction of sp³-hybridized carbons (Fsp3) is 0.500. The van der Waals surface area contributed by atoms with Crippen molar-refractivity contribution in [1.82, 2.24) is 4.90 Å². The van der Waals surface area contributed by atoms with E-state index >= 15 is 0 Å². The van der Waals surface area contributed by atoms with E-state index in [1.165, 1.54) is 0 Å². The van der Waals surface area contributed by atoms with Gasteiger partial charge in [0, 0.05) is 37.9 Å². The number of sulfone groups is 1. The van der Waals surface area contributed by atoms with Crippen molar-refractivity contribution in [1.29, 1.82) is 0 Å². The van der Waals surface area contributed by atoms with E-state index in [4.69, 9.17) is 0 Å². The van der Waals surface area contributed by atoms with Gasteiger partial charge in [0.15, 0.2) is 9.84 Å². The second-order valence-corrected chi connectivity index (χ2v) is 8.07. The molecule has 5 nitrogen and oxygen atoms in total. The third kappa shape index (κ3) is 2.08. The highest BCUT2D eigenvalue weighted by Crippen LogP contribution is 2.33. The second-order valence-electron chi connectivity index (χ2n) is 5.74. The van der Waals surface area contributed by atoms with Crippen LogP contribution >= 0.6 is 0 Å². The van der Waals surface area contributed by atoms with Crippen LogP contribution in [0, 0.1) is 0 Å². The molecule has 0 saturated carbocycles. The molecule has 0 N–H and O–H groups in total. The van der Waals surface area contributed by atoms with Gasteiger partial charge in [0.1, 0.15) is 0 Å². The van der Waals surface area contributed by atoms with Crippen molar-refractivity contribution >= 4 is 21.4 Å². The minimum atomic E-state index is -2.95. The van der Waals surface area contributed by atoms with Crippen LogP contribution in [-0.2, 0) is 9.84 Å². The molecule has 1 aromatic carbocycles. The number of hydrogen-bond acceptors (Lipinski definition) is 4. The molecule has 0 aliphatic carbocycles. The van der Waals surface area contributed by atoms with Crippen molar-refractivity contribution < 1.29 is 13.2 Å². The van der Waals surface area contributed by atoms with Crippen molar-refractivity contribution in [3.63, 3.8) is 0 Å². The van der Waals surface area contributed by atoms with Crippen LogP contribution in [0.3, 0.4) is 0 Å². The van der Waals surface area contributed by atoms with Gasteiger partial charge < -0.3 is 9.80 Å². The summed E-state index contributed by atoms with van der Waals surface area (Å²) in [7, 11) is 0.937. The van der Waals surface area contributed by atoms with Crippen molar-refractivity contribution in [3.05, 3.63) is 29.8 Å². The lowest BCUT2D eigenvalue weighted by Crippen LogP contribution is -2.44. The van der Waals surface area contributed by atoms with Gasteiger partial charge in [0.05, 0.1) is 11.0 Å². The molecular formula is C14H18N2O3S. The zero-order valence-electron chi connectivity index (χ0n) is 11.6. The van der Waals surface area contributed by atoms with Gasteiger partial charge in [-0.1, -0.05) is 0 Å². The van der Waals surface area contributed by atoms with Gasteiger partial charge in [0.2, 0.25) is 0 Å². The van der Waals surface area contributed by atoms with E-state index in [-0.39, 0.29) is 23.0 Å². The van der Waals surface area contributed by atoms with E-state index in [1.807, 2.05) is 31.1 Å². The molecule has 2 heterocycles. The molecule has 2 atom stereocenters. The quantitative estimate of drug-likeness (QED) is 0.808. The highest BCUT2D eigenvalue weighted by Gasteiger charge is 2.50. The Morgan fingerprint density at radius 1 is 1.25 bits per heavy atom. The van der Waals surface area contributed by atoms with Crippen molar-refractivity contribution in [2.75, 3.05) is 31.3 Å². The standard InChI is InChI=1S/C14H18N2O3S/c1-15(2)11-5-3-10(4-6-11)14(17)16-8-13-7-12(16)9-20(13,18)19/h3-6,12-13H,7-9H2,1-2H3/t12-,13+/m0/s1. The summed E-state index contributed by atoms with van der Waals surface area (Å²) in [5.74, 6) is 0.0665. The summed E-state index contributed by atoms with van der Waals surface area (Å²) in [5, 5.41) is -0.350. The molecule has 0 aromatic heterocycles. The van der Waals surface area contributed by atoms with Gasteiger partial charge in [-0.05, 0) is 30.7 Å². The number of anilines is 1. The van der Waals surface area contributed by atoms with Gasteiger partial charge in [-0.3, -0.25) is 4.79 Å². The Bertz CT molecular complexity index is 637. The van der Waals surface area contributed by atoms with Crippen LogP contribution in [0.2, 0.25) is 0 Å². The average molecular weight is 294 g/mol. The Morgan fingerprint density at radius 2 is 1.90 bits per heavy atom. The maximum absolute atomic E-state index is 12.4. The molecule has 2 fully saturated rings. The molecule has 2 bridgehead atoms. The maximum atomic E-state index is 12.4. The van der Waals surface area contributed by atoms with Gasteiger partial charge in [-0.15, -0.1) is 0 Å². The number of nitrogens with zero attached hydrogens (tertiary/aromatic N) is 2. The summed E-state index contributed by atoms with van der Waals surface area (Å²) in [6.07, 6.45) is 0.601. The van der Waals surface area contributed by atoms with E-state index in [0.29, 0.717) is 18.5 Å². The molecule has 0 spiro atoms. The summed E-state index contributed by atoms with van der Waals surface area (Å²) in [6, 6.07) is 7.28. The Hall–Kier alpha value is -1.56. The van der Waals surface area contributed by atoms with Crippen LogP contribution < -0.4 is 4.90 Å². The third-order valence-corrected chi connectivity index (χ3v) is 6.41. The Balaban J connectivity index is 1.78. The minimum absolute atomic E-state index is 0.0577. The lowest BCUT2D eigenvalue weighted by atomic mass is 10.1. The average Bonchev–Trinajstić information content (AvgIpc) is 2.93. The van der Waals surface area contributed by atoms with Gasteiger partial charge in [0.25, 0.3) is 5.91 Å². The molecule has 3 rings (SSSR count). The second kappa shape index (κ2) is 4.48. The number of amides is 1. The predicted octanol–water partition coefficient (Wildman–Crippen LogP) is 0.764. The minimum Gasteiger partial charge on any atom is -0.378 e. The molecule has 0 radical (unpaired) electrons. The zero-order valence-corrected chi connectivity index (χ0v) is 12.4. The number of likely N-dealkylation sites (tertiary alicyclic amines) is 1. The molecule has 6 heteroatoms. The van der Waals surface area contributed by atoms with Crippen LogP contribution in [0.1, 0.15) is 16.8 Å². The van der Waals surface area contributed by atoms with Gasteiger partial charge in [-0.25, -0.2) is 8.42 Å². The molecule has 2 aliphatic rings.